The summed E-state index contributed by atoms with van der Waals surface area (Å²) in [7, 11) is 0. The summed E-state index contributed by atoms with van der Waals surface area (Å²) in [4.78, 5) is 10.9. The molecule has 0 saturated carbocycles. The highest BCUT2D eigenvalue weighted by Gasteiger charge is 2.17. The minimum atomic E-state index is 0.0625. The Hall–Kier alpha value is -1.26. The Morgan fingerprint density at radius 1 is 1.43 bits per heavy atom. The average molecular weight is 196 g/mol. The summed E-state index contributed by atoms with van der Waals surface area (Å²) in [6.45, 7) is 8.13. The predicted molar refractivity (Wildman–Crippen MR) is 51.7 cm³/mol. The number of hydrogen-bond donors (Lipinski definition) is 0. The highest BCUT2D eigenvalue weighted by molar-refractivity contribution is 5.75. The molecule has 5 nitrogen and oxygen atoms in total. The Morgan fingerprint density at radius 3 is 2.57 bits per heavy atom. The lowest BCUT2D eigenvalue weighted by Crippen LogP contribution is -2.17. The van der Waals surface area contributed by atoms with Crippen LogP contribution in [0.4, 0.5) is 0 Å². The minimum Gasteiger partial charge on any atom is -0.298 e. The first-order chi connectivity index (χ1) is 6.38. The van der Waals surface area contributed by atoms with Crippen LogP contribution in [0.3, 0.4) is 0 Å². The van der Waals surface area contributed by atoms with Crippen LogP contribution in [0.25, 0.3) is 0 Å². The van der Waals surface area contributed by atoms with Gasteiger partial charge in [-0.25, -0.2) is 4.68 Å². The van der Waals surface area contributed by atoms with Crippen molar-refractivity contribution >= 4 is 5.78 Å². The lowest BCUT2D eigenvalue weighted by Gasteiger charge is -2.16. The van der Waals surface area contributed by atoms with Gasteiger partial charge in [0.25, 0.3) is 0 Å². The van der Waals surface area contributed by atoms with Crippen molar-refractivity contribution in [2.24, 2.45) is 5.41 Å². The van der Waals surface area contributed by atoms with Crippen molar-refractivity contribution in [1.82, 2.24) is 20.2 Å². The number of Topliss-reactive ketones (excluding diaryl/α,β-unsaturated/α-hetero) is 1. The molecular weight excluding hydrogens is 180 g/mol. The zero-order valence-corrected chi connectivity index (χ0v) is 9.11. The normalized spacial score (nSPS) is 11.7. The summed E-state index contributed by atoms with van der Waals surface area (Å²) in [5, 5.41) is 11.2. The molecular formula is C9H16N4O. The number of ketones is 1. The highest BCUT2D eigenvalue weighted by Crippen LogP contribution is 2.18. The zero-order chi connectivity index (χ0) is 10.8. The molecule has 0 spiro atoms. The highest BCUT2D eigenvalue weighted by atomic mass is 16.1. The Balaban J connectivity index is 2.77. The van der Waals surface area contributed by atoms with Crippen LogP contribution in [0.5, 0.6) is 0 Å². The van der Waals surface area contributed by atoms with Crippen molar-refractivity contribution in [3.63, 3.8) is 0 Å². The van der Waals surface area contributed by atoms with Crippen LogP contribution in [-0.4, -0.2) is 26.0 Å². The lowest BCUT2D eigenvalue weighted by atomic mass is 9.92. The SMILES string of the molecule is CC(=O)Cn1nnnc1CC(C)(C)C. The first-order valence-electron chi connectivity index (χ1n) is 4.63. The Kier molecular flexibility index (Phi) is 2.98. The van der Waals surface area contributed by atoms with Gasteiger partial charge >= 0.3 is 0 Å². The molecule has 14 heavy (non-hydrogen) atoms. The van der Waals surface area contributed by atoms with Crippen LogP contribution in [0, 0.1) is 5.41 Å². The van der Waals surface area contributed by atoms with E-state index in [9.17, 15) is 4.79 Å². The molecule has 1 rings (SSSR count). The molecule has 1 aromatic rings. The molecule has 0 fully saturated rings. The summed E-state index contributed by atoms with van der Waals surface area (Å²) in [6.07, 6.45) is 0.771. The van der Waals surface area contributed by atoms with Crippen molar-refractivity contribution in [3.8, 4) is 0 Å². The van der Waals surface area contributed by atoms with E-state index in [2.05, 4.69) is 36.3 Å². The second kappa shape index (κ2) is 3.86. The Labute approximate surface area is 83.5 Å². The van der Waals surface area contributed by atoms with Crippen molar-refractivity contribution in [3.05, 3.63) is 5.82 Å². The van der Waals surface area contributed by atoms with Crippen LogP contribution in [0.15, 0.2) is 0 Å². The number of hydrogen-bond acceptors (Lipinski definition) is 4. The molecule has 5 heteroatoms. The standard InChI is InChI=1S/C9H16N4O/c1-7(14)6-13-8(10-11-12-13)5-9(2,3)4/h5-6H2,1-4H3. The van der Waals surface area contributed by atoms with Gasteiger partial charge in [0, 0.05) is 6.42 Å². The number of tetrazole rings is 1. The number of carbonyl (C=O) groups excluding carboxylic acids is 1. The Bertz CT molecular complexity index is 324. The van der Waals surface area contributed by atoms with Gasteiger partial charge in [-0.05, 0) is 22.8 Å². The van der Waals surface area contributed by atoms with Gasteiger partial charge in [0.1, 0.15) is 6.54 Å². The van der Waals surface area contributed by atoms with E-state index in [4.69, 9.17) is 0 Å². The van der Waals surface area contributed by atoms with Gasteiger partial charge in [-0.2, -0.15) is 0 Å². The molecule has 78 valence electrons. The third kappa shape index (κ3) is 3.24. The van der Waals surface area contributed by atoms with E-state index in [0.717, 1.165) is 12.2 Å². The maximum absolute atomic E-state index is 10.9. The van der Waals surface area contributed by atoms with Crippen molar-refractivity contribution in [2.75, 3.05) is 0 Å². The fourth-order valence-electron chi connectivity index (χ4n) is 1.16. The molecule has 1 heterocycles. The van der Waals surface area contributed by atoms with Crippen LogP contribution >= 0.6 is 0 Å². The summed E-state index contributed by atoms with van der Waals surface area (Å²) in [5.41, 5.74) is 0.128. The molecule has 0 saturated heterocycles. The first-order valence-corrected chi connectivity index (χ1v) is 4.63. The van der Waals surface area contributed by atoms with Gasteiger partial charge in [0.05, 0.1) is 0 Å². The van der Waals surface area contributed by atoms with Crippen molar-refractivity contribution in [2.45, 2.75) is 40.7 Å². The van der Waals surface area contributed by atoms with Gasteiger partial charge in [-0.1, -0.05) is 20.8 Å². The molecule has 0 aliphatic rings. The smallest absolute Gasteiger partial charge is 0.152 e. The van der Waals surface area contributed by atoms with Gasteiger partial charge in [0.15, 0.2) is 11.6 Å². The largest absolute Gasteiger partial charge is 0.298 e. The molecule has 0 aromatic carbocycles. The predicted octanol–water partition coefficient (Wildman–Crippen LogP) is 0.851. The van der Waals surface area contributed by atoms with E-state index >= 15 is 0 Å². The van der Waals surface area contributed by atoms with Gasteiger partial charge in [-0.15, -0.1) is 5.10 Å². The third-order valence-electron chi connectivity index (χ3n) is 1.67. The molecule has 0 aliphatic carbocycles. The monoisotopic (exact) mass is 196 g/mol. The van der Waals surface area contributed by atoms with Crippen LogP contribution in [0.1, 0.15) is 33.5 Å². The minimum absolute atomic E-state index is 0.0625. The van der Waals surface area contributed by atoms with Crippen LogP contribution in [-0.2, 0) is 17.8 Å². The zero-order valence-electron chi connectivity index (χ0n) is 9.11. The quantitative estimate of drug-likeness (QED) is 0.719. The molecule has 0 atom stereocenters. The summed E-state index contributed by atoms with van der Waals surface area (Å²) in [6, 6.07) is 0. The molecule has 0 N–H and O–H groups in total. The van der Waals surface area contributed by atoms with E-state index in [1.807, 2.05) is 0 Å². The van der Waals surface area contributed by atoms with E-state index in [1.165, 1.54) is 6.92 Å². The number of nitrogens with zero attached hydrogens (tertiary/aromatic N) is 4. The van der Waals surface area contributed by atoms with Crippen LogP contribution in [0.2, 0.25) is 0 Å². The fraction of sp³-hybridized carbons (Fsp3) is 0.778. The second-order valence-electron chi connectivity index (χ2n) is 4.69. The topological polar surface area (TPSA) is 60.7 Å². The van der Waals surface area contributed by atoms with E-state index in [1.54, 1.807) is 4.68 Å². The molecule has 0 aliphatic heterocycles. The second-order valence-corrected chi connectivity index (χ2v) is 4.69. The maximum Gasteiger partial charge on any atom is 0.152 e. The summed E-state index contributed by atoms with van der Waals surface area (Å²) < 4.78 is 1.56. The number of aromatic nitrogens is 4. The third-order valence-corrected chi connectivity index (χ3v) is 1.67. The molecule has 0 radical (unpaired) electrons. The van der Waals surface area contributed by atoms with Gasteiger partial charge in [0.2, 0.25) is 0 Å². The van der Waals surface area contributed by atoms with E-state index in [-0.39, 0.29) is 17.7 Å². The molecule has 0 amide bonds. The number of carbonyl (C=O) groups is 1. The fourth-order valence-corrected chi connectivity index (χ4v) is 1.16. The van der Waals surface area contributed by atoms with Crippen molar-refractivity contribution in [1.29, 1.82) is 0 Å². The van der Waals surface area contributed by atoms with Gasteiger partial charge < -0.3 is 0 Å². The Morgan fingerprint density at radius 2 is 2.07 bits per heavy atom. The molecule has 0 unspecified atom stereocenters. The summed E-state index contributed by atoms with van der Waals surface area (Å²) >= 11 is 0. The average Bonchev–Trinajstić information content (AvgIpc) is 2.32. The van der Waals surface area contributed by atoms with Crippen molar-refractivity contribution < 1.29 is 4.79 Å². The first kappa shape index (κ1) is 10.8. The van der Waals surface area contributed by atoms with Crippen LogP contribution < -0.4 is 0 Å². The maximum atomic E-state index is 10.9. The number of rotatable bonds is 3. The van der Waals surface area contributed by atoms with Gasteiger partial charge in [-0.3, -0.25) is 4.79 Å². The van der Waals surface area contributed by atoms with E-state index < -0.39 is 0 Å². The van der Waals surface area contributed by atoms with E-state index in [0.29, 0.717) is 0 Å². The molecule has 1 aromatic heterocycles. The molecule has 0 bridgehead atoms. The lowest BCUT2D eigenvalue weighted by molar-refractivity contribution is -0.117. The summed E-state index contributed by atoms with van der Waals surface area (Å²) in [5.74, 6) is 0.833.